The number of carboxylic acids is 1. The Bertz CT molecular complexity index is 580. The summed E-state index contributed by atoms with van der Waals surface area (Å²) in [5.74, 6) is -0.405. The maximum Gasteiger partial charge on any atom is 0.339 e. The van der Waals surface area contributed by atoms with Crippen molar-refractivity contribution in [2.75, 3.05) is 5.32 Å². The smallest absolute Gasteiger partial charge is 0.339 e. The van der Waals surface area contributed by atoms with Crippen molar-refractivity contribution in [1.29, 1.82) is 0 Å². The van der Waals surface area contributed by atoms with Crippen molar-refractivity contribution in [3.8, 4) is 0 Å². The summed E-state index contributed by atoms with van der Waals surface area (Å²) < 4.78 is 18.2. The SMILES string of the molecule is Cc1ccc(CNc2ncc(F)cc2C(=O)O)o1. The first-order valence-corrected chi connectivity index (χ1v) is 5.24. The normalized spacial score (nSPS) is 10.3. The van der Waals surface area contributed by atoms with Gasteiger partial charge in [-0.15, -0.1) is 0 Å². The minimum absolute atomic E-state index is 0.109. The van der Waals surface area contributed by atoms with Crippen LogP contribution in [-0.2, 0) is 6.54 Å². The molecule has 2 heterocycles. The van der Waals surface area contributed by atoms with Crippen LogP contribution in [0.4, 0.5) is 10.2 Å². The number of carbonyl (C=O) groups is 1. The highest BCUT2D eigenvalue weighted by Gasteiger charge is 2.13. The summed E-state index contributed by atoms with van der Waals surface area (Å²) in [5.41, 5.74) is -0.210. The summed E-state index contributed by atoms with van der Waals surface area (Å²) >= 11 is 0. The molecular formula is C12H11FN2O3. The van der Waals surface area contributed by atoms with Crippen LogP contribution in [0.15, 0.2) is 28.8 Å². The number of aryl methyl sites for hydroxylation is 1. The minimum Gasteiger partial charge on any atom is -0.478 e. The molecule has 0 unspecified atom stereocenters. The molecule has 0 radical (unpaired) electrons. The van der Waals surface area contributed by atoms with Crippen molar-refractivity contribution in [1.82, 2.24) is 4.98 Å². The molecule has 0 spiro atoms. The Balaban J connectivity index is 2.16. The molecule has 6 heteroatoms. The molecule has 18 heavy (non-hydrogen) atoms. The van der Waals surface area contributed by atoms with Crippen molar-refractivity contribution in [3.05, 3.63) is 47.3 Å². The van der Waals surface area contributed by atoms with E-state index in [0.717, 1.165) is 18.0 Å². The number of anilines is 1. The van der Waals surface area contributed by atoms with E-state index >= 15 is 0 Å². The first kappa shape index (κ1) is 12.1. The van der Waals surface area contributed by atoms with Gasteiger partial charge in [0.1, 0.15) is 28.7 Å². The third kappa shape index (κ3) is 2.65. The summed E-state index contributed by atoms with van der Waals surface area (Å²) in [4.78, 5) is 14.6. The van der Waals surface area contributed by atoms with Crippen LogP contribution in [0.25, 0.3) is 0 Å². The number of hydrogen-bond donors (Lipinski definition) is 2. The van der Waals surface area contributed by atoms with Gasteiger partial charge in [0, 0.05) is 0 Å². The van der Waals surface area contributed by atoms with E-state index in [9.17, 15) is 9.18 Å². The third-order valence-corrected chi connectivity index (χ3v) is 2.31. The quantitative estimate of drug-likeness (QED) is 0.871. The van der Waals surface area contributed by atoms with Crippen LogP contribution in [0.1, 0.15) is 21.9 Å². The maximum absolute atomic E-state index is 12.9. The highest BCUT2D eigenvalue weighted by molar-refractivity contribution is 5.93. The summed E-state index contributed by atoms with van der Waals surface area (Å²) in [7, 11) is 0. The summed E-state index contributed by atoms with van der Waals surface area (Å²) in [6.07, 6.45) is 0.960. The van der Waals surface area contributed by atoms with Gasteiger partial charge in [0.15, 0.2) is 0 Å². The van der Waals surface area contributed by atoms with Crippen LogP contribution in [0.2, 0.25) is 0 Å². The second-order valence-corrected chi connectivity index (χ2v) is 3.72. The van der Waals surface area contributed by atoms with Crippen LogP contribution in [0.3, 0.4) is 0 Å². The Morgan fingerprint density at radius 1 is 1.56 bits per heavy atom. The maximum atomic E-state index is 12.9. The number of aromatic nitrogens is 1. The largest absolute Gasteiger partial charge is 0.478 e. The molecule has 0 fully saturated rings. The van der Waals surface area contributed by atoms with Crippen molar-refractivity contribution in [2.45, 2.75) is 13.5 Å². The molecule has 2 rings (SSSR count). The second kappa shape index (κ2) is 4.87. The first-order valence-electron chi connectivity index (χ1n) is 5.24. The fraction of sp³-hybridized carbons (Fsp3) is 0.167. The van der Waals surface area contributed by atoms with Crippen molar-refractivity contribution in [2.24, 2.45) is 0 Å². The monoisotopic (exact) mass is 250 g/mol. The predicted molar refractivity (Wildman–Crippen MR) is 61.9 cm³/mol. The van der Waals surface area contributed by atoms with Crippen LogP contribution < -0.4 is 5.32 Å². The Morgan fingerprint density at radius 2 is 2.33 bits per heavy atom. The molecule has 0 aromatic carbocycles. The number of aromatic carboxylic acids is 1. The Hall–Kier alpha value is -2.37. The van der Waals surface area contributed by atoms with Gasteiger partial charge < -0.3 is 14.8 Å². The van der Waals surface area contributed by atoms with Gasteiger partial charge in [-0.05, 0) is 25.1 Å². The number of carboxylic acid groups (broad SMARTS) is 1. The highest BCUT2D eigenvalue weighted by Crippen LogP contribution is 2.15. The van der Waals surface area contributed by atoms with Gasteiger partial charge in [-0.2, -0.15) is 0 Å². The molecule has 0 aliphatic rings. The van der Waals surface area contributed by atoms with Gasteiger partial charge in [0.2, 0.25) is 0 Å². The highest BCUT2D eigenvalue weighted by atomic mass is 19.1. The fourth-order valence-corrected chi connectivity index (χ4v) is 1.49. The molecule has 0 bridgehead atoms. The molecule has 0 saturated heterocycles. The van der Waals surface area contributed by atoms with Crippen LogP contribution >= 0.6 is 0 Å². The van der Waals surface area contributed by atoms with Crippen LogP contribution in [-0.4, -0.2) is 16.1 Å². The topological polar surface area (TPSA) is 75.4 Å². The number of pyridine rings is 1. The second-order valence-electron chi connectivity index (χ2n) is 3.72. The number of halogens is 1. The number of nitrogens with one attached hydrogen (secondary N) is 1. The molecule has 0 amide bonds. The van der Waals surface area contributed by atoms with Gasteiger partial charge in [0.05, 0.1) is 12.7 Å². The summed E-state index contributed by atoms with van der Waals surface area (Å²) in [6.45, 7) is 2.09. The molecule has 0 aliphatic heterocycles. The van der Waals surface area contributed by atoms with Crippen molar-refractivity contribution in [3.63, 3.8) is 0 Å². The zero-order valence-corrected chi connectivity index (χ0v) is 9.61. The predicted octanol–water partition coefficient (Wildman–Crippen LogP) is 2.43. The number of rotatable bonds is 4. The Morgan fingerprint density at radius 3 is 2.94 bits per heavy atom. The van der Waals surface area contributed by atoms with E-state index in [2.05, 4.69) is 10.3 Å². The van der Waals surface area contributed by atoms with E-state index in [-0.39, 0.29) is 17.9 Å². The minimum atomic E-state index is -1.24. The van der Waals surface area contributed by atoms with E-state index in [4.69, 9.17) is 9.52 Å². The van der Waals surface area contributed by atoms with E-state index in [0.29, 0.717) is 5.76 Å². The van der Waals surface area contributed by atoms with Crippen LogP contribution in [0.5, 0.6) is 0 Å². The lowest BCUT2D eigenvalue weighted by molar-refractivity contribution is 0.0697. The van der Waals surface area contributed by atoms with Gasteiger partial charge in [-0.3, -0.25) is 0 Å². The summed E-state index contributed by atoms with van der Waals surface area (Å²) in [6, 6.07) is 4.49. The van der Waals surface area contributed by atoms with Crippen molar-refractivity contribution >= 4 is 11.8 Å². The average Bonchev–Trinajstić information content (AvgIpc) is 2.73. The van der Waals surface area contributed by atoms with Gasteiger partial charge in [-0.1, -0.05) is 0 Å². The number of furan rings is 1. The molecule has 2 aromatic rings. The zero-order valence-electron chi connectivity index (χ0n) is 9.61. The molecule has 2 aromatic heterocycles. The van der Waals surface area contributed by atoms with E-state index in [1.54, 1.807) is 12.1 Å². The van der Waals surface area contributed by atoms with E-state index < -0.39 is 11.8 Å². The Kier molecular flexibility index (Phi) is 3.27. The molecule has 0 saturated carbocycles. The van der Waals surface area contributed by atoms with Crippen LogP contribution in [0, 0.1) is 12.7 Å². The molecule has 5 nitrogen and oxygen atoms in total. The molecular weight excluding hydrogens is 239 g/mol. The molecule has 2 N–H and O–H groups in total. The lowest BCUT2D eigenvalue weighted by atomic mass is 10.2. The lowest BCUT2D eigenvalue weighted by Crippen LogP contribution is -2.08. The van der Waals surface area contributed by atoms with Gasteiger partial charge >= 0.3 is 5.97 Å². The molecule has 0 aliphatic carbocycles. The fourth-order valence-electron chi connectivity index (χ4n) is 1.49. The Labute approximate surface area is 102 Å². The standard InChI is InChI=1S/C12H11FN2O3/c1-7-2-3-9(18-7)6-15-11-10(12(16)17)4-8(13)5-14-11/h2-5H,6H2,1H3,(H,14,15)(H,16,17). The van der Waals surface area contributed by atoms with E-state index in [1.165, 1.54) is 0 Å². The van der Waals surface area contributed by atoms with Gasteiger partial charge in [0.25, 0.3) is 0 Å². The number of hydrogen-bond acceptors (Lipinski definition) is 4. The third-order valence-electron chi connectivity index (χ3n) is 2.31. The summed E-state index contributed by atoms with van der Waals surface area (Å²) in [5, 5.41) is 11.7. The van der Waals surface area contributed by atoms with Gasteiger partial charge in [-0.25, -0.2) is 14.2 Å². The van der Waals surface area contributed by atoms with E-state index in [1.807, 2.05) is 6.92 Å². The zero-order chi connectivity index (χ0) is 13.1. The first-order chi connectivity index (χ1) is 8.56. The molecule has 94 valence electrons. The lowest BCUT2D eigenvalue weighted by Gasteiger charge is -2.06. The van der Waals surface area contributed by atoms with Crippen molar-refractivity contribution < 1.29 is 18.7 Å². The molecule has 0 atom stereocenters. The average molecular weight is 250 g/mol. The number of nitrogens with zero attached hydrogens (tertiary/aromatic N) is 1.